The minimum absolute atomic E-state index is 0.0318. The summed E-state index contributed by atoms with van der Waals surface area (Å²) in [6.07, 6.45) is 0. The van der Waals surface area contributed by atoms with Gasteiger partial charge in [-0.05, 0) is 51.9 Å². The van der Waals surface area contributed by atoms with Crippen molar-refractivity contribution in [3.05, 3.63) is 79.1 Å². The Kier molecular flexibility index (Phi) is 9.60. The van der Waals surface area contributed by atoms with E-state index in [-0.39, 0.29) is 22.6 Å². The number of aromatic nitrogens is 2. The van der Waals surface area contributed by atoms with Crippen molar-refractivity contribution >= 4 is 63.3 Å². The second-order valence-corrected chi connectivity index (χ2v) is 10.6. The summed E-state index contributed by atoms with van der Waals surface area (Å²) in [6, 6.07) is 16.0. The number of anilines is 2. The predicted octanol–water partition coefficient (Wildman–Crippen LogP) is 4.13. The lowest BCUT2D eigenvalue weighted by atomic mass is 10.2. The second kappa shape index (κ2) is 12.9. The van der Waals surface area contributed by atoms with E-state index < -0.39 is 0 Å². The van der Waals surface area contributed by atoms with Crippen LogP contribution in [0.4, 0.5) is 11.6 Å². The first-order valence-corrected chi connectivity index (χ1v) is 13.5. The van der Waals surface area contributed by atoms with Gasteiger partial charge in [0, 0.05) is 61.0 Å². The second-order valence-electron chi connectivity index (χ2n) is 8.54. The van der Waals surface area contributed by atoms with Gasteiger partial charge in [0.1, 0.15) is 0 Å². The SMILES string of the molecule is Nc1nc(NCc2ccc(I)cc2)c(Cl)nc1C(=O)NCCN1CCN(Cc2ccccc2Cl)CC1. The minimum Gasteiger partial charge on any atom is -0.382 e. The number of benzene rings is 2. The van der Waals surface area contributed by atoms with E-state index in [9.17, 15) is 4.79 Å². The molecule has 3 aromatic rings. The molecule has 1 aliphatic rings. The molecule has 1 saturated heterocycles. The van der Waals surface area contributed by atoms with E-state index in [1.807, 2.05) is 42.5 Å². The minimum atomic E-state index is -0.386. The zero-order valence-corrected chi connectivity index (χ0v) is 23.4. The fraction of sp³-hybridized carbons (Fsp3) is 0.320. The molecule has 1 fully saturated rings. The number of carbonyl (C=O) groups excluding carboxylic acids is 1. The lowest BCUT2D eigenvalue weighted by molar-refractivity contribution is 0.0930. The molecule has 2 aromatic carbocycles. The number of piperazine rings is 1. The Morgan fingerprint density at radius 3 is 2.42 bits per heavy atom. The maximum Gasteiger partial charge on any atom is 0.273 e. The fourth-order valence-corrected chi connectivity index (χ4v) is 4.69. The lowest BCUT2D eigenvalue weighted by Crippen LogP contribution is -2.48. The van der Waals surface area contributed by atoms with Gasteiger partial charge >= 0.3 is 0 Å². The summed E-state index contributed by atoms with van der Waals surface area (Å²) in [5.74, 6) is -0.00225. The van der Waals surface area contributed by atoms with Crippen LogP contribution in [0.1, 0.15) is 21.6 Å². The molecule has 0 saturated carbocycles. The molecule has 1 aliphatic heterocycles. The topological polar surface area (TPSA) is 99.4 Å². The molecule has 0 aliphatic carbocycles. The molecule has 0 spiro atoms. The van der Waals surface area contributed by atoms with Crippen LogP contribution in [0.5, 0.6) is 0 Å². The zero-order chi connectivity index (χ0) is 25.5. The highest BCUT2D eigenvalue weighted by atomic mass is 127. The van der Waals surface area contributed by atoms with E-state index >= 15 is 0 Å². The van der Waals surface area contributed by atoms with Gasteiger partial charge in [-0.3, -0.25) is 14.6 Å². The van der Waals surface area contributed by atoms with Crippen molar-refractivity contribution in [3.63, 3.8) is 0 Å². The number of nitrogens with one attached hydrogen (secondary N) is 2. The van der Waals surface area contributed by atoms with Crippen LogP contribution in [0.2, 0.25) is 10.2 Å². The van der Waals surface area contributed by atoms with E-state index in [4.69, 9.17) is 28.9 Å². The highest BCUT2D eigenvalue weighted by Gasteiger charge is 2.19. The van der Waals surface area contributed by atoms with Crippen molar-refractivity contribution < 1.29 is 4.79 Å². The number of nitrogen functional groups attached to an aromatic ring is 1. The van der Waals surface area contributed by atoms with Crippen molar-refractivity contribution in [2.24, 2.45) is 0 Å². The Bertz CT molecular complexity index is 1190. The lowest BCUT2D eigenvalue weighted by Gasteiger charge is -2.34. The smallest absolute Gasteiger partial charge is 0.273 e. The van der Waals surface area contributed by atoms with Crippen LogP contribution in [0.25, 0.3) is 0 Å². The van der Waals surface area contributed by atoms with Crippen molar-refractivity contribution in [1.29, 1.82) is 0 Å². The molecule has 4 N–H and O–H groups in total. The molecule has 0 unspecified atom stereocenters. The highest BCUT2D eigenvalue weighted by Crippen LogP contribution is 2.22. The van der Waals surface area contributed by atoms with Crippen LogP contribution < -0.4 is 16.4 Å². The Labute approximate surface area is 234 Å². The van der Waals surface area contributed by atoms with Crippen LogP contribution in [-0.4, -0.2) is 64.9 Å². The average Bonchev–Trinajstić information content (AvgIpc) is 2.87. The monoisotopic (exact) mass is 639 g/mol. The summed E-state index contributed by atoms with van der Waals surface area (Å²) < 4.78 is 1.16. The maximum atomic E-state index is 12.7. The summed E-state index contributed by atoms with van der Waals surface area (Å²) in [5, 5.41) is 6.92. The Morgan fingerprint density at radius 2 is 1.69 bits per heavy atom. The van der Waals surface area contributed by atoms with Crippen molar-refractivity contribution in [1.82, 2.24) is 25.1 Å². The molecular formula is C25H28Cl2IN7O. The molecule has 1 amide bonds. The van der Waals surface area contributed by atoms with E-state index in [2.05, 4.69) is 59.1 Å². The summed E-state index contributed by atoms with van der Waals surface area (Å²) >= 11 is 14.8. The Morgan fingerprint density at radius 1 is 1.00 bits per heavy atom. The van der Waals surface area contributed by atoms with Gasteiger partial charge in [-0.25, -0.2) is 9.97 Å². The maximum absolute atomic E-state index is 12.7. The number of carbonyl (C=O) groups is 1. The first kappa shape index (κ1) is 26.9. The van der Waals surface area contributed by atoms with E-state index in [0.29, 0.717) is 18.9 Å². The molecule has 36 heavy (non-hydrogen) atoms. The van der Waals surface area contributed by atoms with Gasteiger partial charge in [-0.2, -0.15) is 0 Å². The van der Waals surface area contributed by atoms with Gasteiger partial charge in [0.05, 0.1) is 0 Å². The highest BCUT2D eigenvalue weighted by molar-refractivity contribution is 14.1. The molecule has 4 rings (SSSR count). The van der Waals surface area contributed by atoms with Crippen LogP contribution in [0.3, 0.4) is 0 Å². The first-order chi connectivity index (χ1) is 17.4. The van der Waals surface area contributed by atoms with Crippen molar-refractivity contribution in [2.75, 3.05) is 50.3 Å². The van der Waals surface area contributed by atoms with Crippen LogP contribution in [0.15, 0.2) is 48.5 Å². The number of amides is 1. The number of rotatable bonds is 9. The number of hydrogen-bond donors (Lipinski definition) is 3. The standard InChI is InChI=1S/C25H28Cl2IN7O/c26-20-4-2-1-3-18(20)16-35-13-11-34(12-14-35)10-9-30-25(36)21-23(29)33-24(22(27)32-21)31-15-17-5-7-19(28)8-6-17/h1-8H,9-16H2,(H,30,36)(H3,29,31,33). The van der Waals surface area contributed by atoms with Crippen molar-refractivity contribution in [2.45, 2.75) is 13.1 Å². The number of nitrogens with two attached hydrogens (primary N) is 1. The van der Waals surface area contributed by atoms with Gasteiger partial charge in [0.15, 0.2) is 22.5 Å². The van der Waals surface area contributed by atoms with Crippen LogP contribution >= 0.6 is 45.8 Å². The quantitative estimate of drug-likeness (QED) is 0.303. The molecule has 0 bridgehead atoms. The van der Waals surface area contributed by atoms with Crippen molar-refractivity contribution in [3.8, 4) is 0 Å². The third kappa shape index (κ3) is 7.42. The summed E-state index contributed by atoms with van der Waals surface area (Å²) in [7, 11) is 0. The average molecular weight is 640 g/mol. The first-order valence-electron chi connectivity index (χ1n) is 11.7. The van der Waals surface area contributed by atoms with Crippen LogP contribution in [-0.2, 0) is 13.1 Å². The molecule has 2 heterocycles. The Hall–Kier alpha value is -2.18. The summed E-state index contributed by atoms with van der Waals surface area (Å²) in [4.78, 5) is 25.8. The number of nitrogens with zero attached hydrogens (tertiary/aromatic N) is 4. The normalized spacial score (nSPS) is 14.5. The fourth-order valence-electron chi connectivity index (χ4n) is 3.95. The van der Waals surface area contributed by atoms with Gasteiger partial charge in [-0.1, -0.05) is 53.5 Å². The molecule has 0 radical (unpaired) electrons. The van der Waals surface area contributed by atoms with E-state index in [0.717, 1.165) is 59.0 Å². The number of halogens is 3. The molecule has 1 aromatic heterocycles. The predicted molar refractivity (Wildman–Crippen MR) is 153 cm³/mol. The molecule has 0 atom stereocenters. The largest absolute Gasteiger partial charge is 0.382 e. The van der Waals surface area contributed by atoms with Gasteiger partial charge in [-0.15, -0.1) is 0 Å². The van der Waals surface area contributed by atoms with Crippen LogP contribution in [0, 0.1) is 3.57 Å². The van der Waals surface area contributed by atoms with Gasteiger partial charge in [0.2, 0.25) is 0 Å². The molecule has 8 nitrogen and oxygen atoms in total. The van der Waals surface area contributed by atoms with E-state index in [1.165, 1.54) is 0 Å². The third-order valence-corrected chi connectivity index (χ3v) is 7.35. The van der Waals surface area contributed by atoms with Gasteiger partial charge < -0.3 is 16.4 Å². The third-order valence-electron chi connectivity index (χ3n) is 6.00. The summed E-state index contributed by atoms with van der Waals surface area (Å²) in [5.41, 5.74) is 8.27. The zero-order valence-electron chi connectivity index (χ0n) is 19.7. The van der Waals surface area contributed by atoms with E-state index in [1.54, 1.807) is 0 Å². The Balaban J connectivity index is 1.22. The molecular weight excluding hydrogens is 612 g/mol. The van der Waals surface area contributed by atoms with Gasteiger partial charge in [0.25, 0.3) is 5.91 Å². The summed E-state index contributed by atoms with van der Waals surface area (Å²) in [6.45, 7) is 6.33. The molecule has 11 heteroatoms. The molecule has 190 valence electrons. The number of hydrogen-bond acceptors (Lipinski definition) is 7.